The zero-order valence-electron chi connectivity index (χ0n) is 9.82. The Morgan fingerprint density at radius 1 is 1.38 bits per heavy atom. The number of aliphatic carboxylic acids is 1. The van der Waals surface area contributed by atoms with E-state index in [-0.39, 0.29) is 12.1 Å². The summed E-state index contributed by atoms with van der Waals surface area (Å²) in [6.45, 7) is 3.62. The van der Waals surface area contributed by atoms with E-state index in [1.54, 1.807) is 0 Å². The molecule has 2 unspecified atom stereocenters. The van der Waals surface area contributed by atoms with Crippen LogP contribution in [0.25, 0.3) is 0 Å². The van der Waals surface area contributed by atoms with Gasteiger partial charge in [0, 0.05) is 6.04 Å². The Labute approximate surface area is 95.6 Å². The number of rotatable bonds is 3. The van der Waals surface area contributed by atoms with E-state index in [9.17, 15) is 9.59 Å². The third-order valence-corrected chi connectivity index (χ3v) is 2.99. The molecule has 0 aliphatic heterocycles. The summed E-state index contributed by atoms with van der Waals surface area (Å²) in [5.41, 5.74) is 0. The molecule has 92 valence electrons. The molecule has 0 aromatic carbocycles. The van der Waals surface area contributed by atoms with E-state index in [0.717, 1.165) is 19.3 Å². The van der Waals surface area contributed by atoms with Gasteiger partial charge in [-0.3, -0.25) is 4.79 Å². The van der Waals surface area contributed by atoms with Gasteiger partial charge in [0.25, 0.3) is 0 Å². The molecule has 1 fully saturated rings. The molecule has 2 amide bonds. The van der Waals surface area contributed by atoms with Gasteiger partial charge in [-0.25, -0.2) is 4.79 Å². The third kappa shape index (κ3) is 4.08. The Bertz CT molecular complexity index is 268. The molecule has 0 heterocycles. The molecular formula is C11H20N2O3. The Hall–Kier alpha value is -1.26. The van der Waals surface area contributed by atoms with E-state index < -0.39 is 12.0 Å². The van der Waals surface area contributed by atoms with Gasteiger partial charge in [0.1, 0.15) is 6.04 Å². The fourth-order valence-corrected chi connectivity index (χ4v) is 2.05. The number of carboxylic acid groups (broad SMARTS) is 1. The van der Waals surface area contributed by atoms with Crippen LogP contribution in [-0.4, -0.2) is 29.2 Å². The van der Waals surface area contributed by atoms with Crippen LogP contribution in [-0.2, 0) is 4.79 Å². The average molecular weight is 228 g/mol. The van der Waals surface area contributed by atoms with Crippen molar-refractivity contribution in [2.24, 2.45) is 5.92 Å². The Balaban J connectivity index is 2.30. The van der Waals surface area contributed by atoms with Crippen LogP contribution in [0.5, 0.6) is 0 Å². The highest BCUT2D eigenvalue weighted by molar-refractivity contribution is 5.82. The lowest BCUT2D eigenvalue weighted by Gasteiger charge is -2.27. The quantitative estimate of drug-likeness (QED) is 0.682. The molecule has 5 heteroatoms. The summed E-state index contributed by atoms with van der Waals surface area (Å²) in [7, 11) is 0. The summed E-state index contributed by atoms with van der Waals surface area (Å²) in [5.74, 6) is -0.386. The number of amides is 2. The molecule has 0 radical (unpaired) electrons. The number of carbonyl (C=O) groups is 2. The predicted molar refractivity (Wildman–Crippen MR) is 60.2 cm³/mol. The lowest BCUT2D eigenvalue weighted by atomic mass is 9.87. The molecule has 0 bridgehead atoms. The molecule has 0 aromatic rings. The van der Waals surface area contributed by atoms with Gasteiger partial charge in [-0.1, -0.05) is 19.8 Å². The first-order valence-corrected chi connectivity index (χ1v) is 5.79. The van der Waals surface area contributed by atoms with Gasteiger partial charge in [0.2, 0.25) is 0 Å². The first-order valence-electron chi connectivity index (χ1n) is 5.79. The van der Waals surface area contributed by atoms with E-state index in [0.29, 0.717) is 5.92 Å². The van der Waals surface area contributed by atoms with Gasteiger partial charge in [-0.15, -0.1) is 0 Å². The van der Waals surface area contributed by atoms with Crippen molar-refractivity contribution in [3.05, 3.63) is 0 Å². The standard InChI is InChI=1S/C11H20N2O3/c1-7-4-3-5-9(6-7)13-11(16)12-8(2)10(14)15/h7-9H,3-6H2,1-2H3,(H,14,15)(H2,12,13,16)/t7?,8-,9?/m1/s1. The van der Waals surface area contributed by atoms with Crippen molar-refractivity contribution in [3.8, 4) is 0 Å². The maximum atomic E-state index is 11.4. The summed E-state index contributed by atoms with van der Waals surface area (Å²) in [5, 5.41) is 13.8. The number of nitrogens with one attached hydrogen (secondary N) is 2. The summed E-state index contributed by atoms with van der Waals surface area (Å²) < 4.78 is 0. The lowest BCUT2D eigenvalue weighted by molar-refractivity contribution is -0.138. The zero-order valence-corrected chi connectivity index (χ0v) is 9.82. The third-order valence-electron chi connectivity index (χ3n) is 2.99. The Morgan fingerprint density at radius 2 is 2.06 bits per heavy atom. The van der Waals surface area contributed by atoms with Crippen LogP contribution in [0.2, 0.25) is 0 Å². The number of urea groups is 1. The maximum Gasteiger partial charge on any atom is 0.325 e. The fraction of sp³-hybridized carbons (Fsp3) is 0.818. The Morgan fingerprint density at radius 3 is 2.62 bits per heavy atom. The largest absolute Gasteiger partial charge is 0.480 e. The van der Waals surface area contributed by atoms with Crippen LogP contribution >= 0.6 is 0 Å². The van der Waals surface area contributed by atoms with Gasteiger partial charge < -0.3 is 15.7 Å². The average Bonchev–Trinajstić information content (AvgIpc) is 2.16. The molecular weight excluding hydrogens is 208 g/mol. The van der Waals surface area contributed by atoms with Gasteiger partial charge in [0.15, 0.2) is 0 Å². The second kappa shape index (κ2) is 5.72. The van der Waals surface area contributed by atoms with E-state index in [1.165, 1.54) is 13.3 Å². The first-order chi connectivity index (χ1) is 7.49. The molecule has 3 atom stereocenters. The zero-order chi connectivity index (χ0) is 12.1. The maximum absolute atomic E-state index is 11.4. The van der Waals surface area contributed by atoms with E-state index in [2.05, 4.69) is 17.6 Å². The molecule has 3 N–H and O–H groups in total. The normalized spacial score (nSPS) is 26.9. The number of hydrogen-bond acceptors (Lipinski definition) is 2. The van der Waals surface area contributed by atoms with E-state index in [1.807, 2.05) is 0 Å². The molecule has 1 rings (SSSR count). The van der Waals surface area contributed by atoms with Crippen molar-refractivity contribution < 1.29 is 14.7 Å². The summed E-state index contributed by atoms with van der Waals surface area (Å²) in [4.78, 5) is 22.0. The van der Waals surface area contributed by atoms with Crippen LogP contribution in [0.1, 0.15) is 39.5 Å². The molecule has 0 aromatic heterocycles. The van der Waals surface area contributed by atoms with Gasteiger partial charge >= 0.3 is 12.0 Å². The first kappa shape index (κ1) is 12.8. The van der Waals surface area contributed by atoms with Crippen molar-refractivity contribution in [1.82, 2.24) is 10.6 Å². The molecule has 1 aliphatic rings. The van der Waals surface area contributed by atoms with Crippen molar-refractivity contribution in [1.29, 1.82) is 0 Å². The van der Waals surface area contributed by atoms with E-state index >= 15 is 0 Å². The SMILES string of the molecule is CC1CCCC(NC(=O)N[C@H](C)C(=O)O)C1. The molecule has 0 spiro atoms. The second-order valence-electron chi connectivity index (χ2n) is 4.65. The molecule has 0 saturated heterocycles. The smallest absolute Gasteiger partial charge is 0.325 e. The topological polar surface area (TPSA) is 78.4 Å². The minimum absolute atomic E-state index is 0.185. The molecule has 1 aliphatic carbocycles. The summed E-state index contributed by atoms with van der Waals surface area (Å²) in [6.07, 6.45) is 4.31. The highest BCUT2D eigenvalue weighted by Gasteiger charge is 2.21. The highest BCUT2D eigenvalue weighted by Crippen LogP contribution is 2.23. The monoisotopic (exact) mass is 228 g/mol. The number of carbonyl (C=O) groups excluding carboxylic acids is 1. The van der Waals surface area contributed by atoms with Gasteiger partial charge in [0.05, 0.1) is 0 Å². The van der Waals surface area contributed by atoms with Crippen LogP contribution in [0, 0.1) is 5.92 Å². The van der Waals surface area contributed by atoms with Crippen LogP contribution in [0.3, 0.4) is 0 Å². The highest BCUT2D eigenvalue weighted by atomic mass is 16.4. The van der Waals surface area contributed by atoms with Crippen LogP contribution < -0.4 is 10.6 Å². The lowest BCUT2D eigenvalue weighted by Crippen LogP contribution is -2.48. The summed E-state index contributed by atoms with van der Waals surface area (Å²) in [6, 6.07) is -1.04. The molecule has 16 heavy (non-hydrogen) atoms. The van der Waals surface area contributed by atoms with Crippen molar-refractivity contribution in [2.45, 2.75) is 51.6 Å². The fourth-order valence-electron chi connectivity index (χ4n) is 2.05. The number of carboxylic acids is 1. The Kier molecular flexibility index (Phi) is 4.58. The van der Waals surface area contributed by atoms with Crippen LogP contribution in [0.15, 0.2) is 0 Å². The molecule has 5 nitrogen and oxygen atoms in total. The van der Waals surface area contributed by atoms with Crippen molar-refractivity contribution in [3.63, 3.8) is 0 Å². The van der Waals surface area contributed by atoms with E-state index in [4.69, 9.17) is 5.11 Å². The number of hydrogen-bond donors (Lipinski definition) is 3. The van der Waals surface area contributed by atoms with Crippen molar-refractivity contribution >= 4 is 12.0 Å². The minimum Gasteiger partial charge on any atom is -0.480 e. The van der Waals surface area contributed by atoms with Crippen molar-refractivity contribution in [2.75, 3.05) is 0 Å². The minimum atomic E-state index is -1.02. The molecule has 1 saturated carbocycles. The van der Waals surface area contributed by atoms with Gasteiger partial charge in [-0.2, -0.15) is 0 Å². The predicted octanol–water partition coefficient (Wildman–Crippen LogP) is 1.34. The summed E-state index contributed by atoms with van der Waals surface area (Å²) >= 11 is 0. The van der Waals surface area contributed by atoms with Crippen LogP contribution in [0.4, 0.5) is 4.79 Å². The second-order valence-corrected chi connectivity index (χ2v) is 4.65. The van der Waals surface area contributed by atoms with Gasteiger partial charge in [-0.05, 0) is 25.7 Å².